The van der Waals surface area contributed by atoms with Crippen LogP contribution in [-0.4, -0.2) is 70.6 Å². The molecule has 3 amide bonds. The topological polar surface area (TPSA) is 165 Å². The summed E-state index contributed by atoms with van der Waals surface area (Å²) in [5, 5.41) is 15.0. The van der Waals surface area contributed by atoms with Crippen molar-refractivity contribution in [3.8, 4) is 0 Å². The minimum atomic E-state index is -1.71. The normalized spacial score (nSPS) is 22.7. The van der Waals surface area contributed by atoms with Gasteiger partial charge in [-0.3, -0.25) is 19.3 Å². The summed E-state index contributed by atoms with van der Waals surface area (Å²) in [5.41, 5.74) is 13.0. The van der Waals surface area contributed by atoms with Crippen molar-refractivity contribution in [1.82, 2.24) is 10.2 Å². The Balaban J connectivity index is 2.63. The second-order valence-electron chi connectivity index (χ2n) is 12.2. The van der Waals surface area contributed by atoms with E-state index in [1.54, 1.807) is 34.6 Å². The number of ether oxygens (including phenoxy) is 1. The van der Waals surface area contributed by atoms with Crippen molar-refractivity contribution < 1.29 is 29.0 Å². The van der Waals surface area contributed by atoms with Gasteiger partial charge in [0.25, 0.3) is 5.91 Å². The van der Waals surface area contributed by atoms with Crippen LogP contribution in [0.25, 0.3) is 0 Å². The highest BCUT2D eigenvalue weighted by atomic mass is 16.5. The second kappa shape index (κ2) is 14.9. The van der Waals surface area contributed by atoms with Gasteiger partial charge in [0.1, 0.15) is 11.6 Å². The molecule has 42 heavy (non-hydrogen) atoms. The van der Waals surface area contributed by atoms with Crippen molar-refractivity contribution in [2.75, 3.05) is 7.11 Å². The molecule has 0 saturated carbocycles. The van der Waals surface area contributed by atoms with Gasteiger partial charge in [-0.2, -0.15) is 0 Å². The maximum absolute atomic E-state index is 14.4. The zero-order chi connectivity index (χ0) is 31.9. The molecule has 0 radical (unpaired) electrons. The lowest BCUT2D eigenvalue weighted by atomic mass is 9.68. The number of esters is 1. The van der Waals surface area contributed by atoms with Gasteiger partial charge in [0.2, 0.25) is 11.8 Å². The minimum Gasteiger partial charge on any atom is -0.467 e. The van der Waals surface area contributed by atoms with Crippen molar-refractivity contribution in [3.05, 3.63) is 47.5 Å². The van der Waals surface area contributed by atoms with E-state index in [0.717, 1.165) is 16.0 Å². The Bertz CT molecular complexity index is 1140. The highest BCUT2D eigenvalue weighted by Gasteiger charge is 2.54. The van der Waals surface area contributed by atoms with Crippen LogP contribution in [0, 0.1) is 23.7 Å². The van der Waals surface area contributed by atoms with E-state index in [1.165, 1.54) is 14.0 Å². The molecule has 1 aromatic rings. The quantitative estimate of drug-likeness (QED) is 0.227. The summed E-state index contributed by atoms with van der Waals surface area (Å²) in [6.07, 6.45) is 2.12. The van der Waals surface area contributed by atoms with E-state index < -0.39 is 65.2 Å². The first-order chi connectivity index (χ1) is 19.6. The van der Waals surface area contributed by atoms with Crippen LogP contribution in [0.5, 0.6) is 0 Å². The maximum Gasteiger partial charge on any atom is 0.329 e. The van der Waals surface area contributed by atoms with Gasteiger partial charge in [0, 0.05) is 24.8 Å². The molecule has 0 aliphatic heterocycles. The van der Waals surface area contributed by atoms with Crippen LogP contribution >= 0.6 is 0 Å². The van der Waals surface area contributed by atoms with Gasteiger partial charge in [0.05, 0.1) is 19.3 Å². The van der Waals surface area contributed by atoms with Gasteiger partial charge < -0.3 is 26.6 Å². The van der Waals surface area contributed by atoms with E-state index >= 15 is 0 Å². The van der Waals surface area contributed by atoms with E-state index in [0.29, 0.717) is 19.3 Å². The zero-order valence-corrected chi connectivity index (χ0v) is 26.3. The standard InChI is InChI=1S/C32H50N4O6/c1-18(2)27(30(40)42-8)36(22(7)37)31(41)32(34,19(3)4)26-15-14-24(21(6)35-29(39)20(5)33)17-25(28(26)38)16-23-12-10-9-11-13-23/h9-13,17-21,25-28,38H,14-16,33-34H2,1-8H3,(H,35,39)/t20?,21-,25?,26?,27-,28?,32+/m0/s1. The fraction of sp³-hybridized carbons (Fsp3) is 0.625. The third-order valence-corrected chi connectivity index (χ3v) is 8.52. The molecule has 10 heteroatoms. The first kappa shape index (κ1) is 35.1. The summed E-state index contributed by atoms with van der Waals surface area (Å²) in [7, 11) is 1.21. The molecule has 0 fully saturated rings. The van der Waals surface area contributed by atoms with E-state index in [9.17, 15) is 24.3 Å². The van der Waals surface area contributed by atoms with Gasteiger partial charge in [-0.15, -0.1) is 0 Å². The van der Waals surface area contributed by atoms with Crippen molar-refractivity contribution in [2.24, 2.45) is 35.1 Å². The minimum absolute atomic E-state index is 0.297. The number of aliphatic hydroxyl groups is 1. The molecule has 1 aromatic carbocycles. The molecule has 4 unspecified atom stereocenters. The van der Waals surface area contributed by atoms with Crippen LogP contribution in [0.4, 0.5) is 0 Å². The molecular weight excluding hydrogens is 536 g/mol. The molecule has 0 bridgehead atoms. The molecule has 6 N–H and O–H groups in total. The maximum atomic E-state index is 14.4. The van der Waals surface area contributed by atoms with Crippen molar-refractivity contribution in [3.63, 3.8) is 0 Å². The van der Waals surface area contributed by atoms with E-state index in [1.807, 2.05) is 43.3 Å². The molecule has 0 saturated heterocycles. The lowest BCUT2D eigenvalue weighted by Crippen LogP contribution is -2.68. The number of hydrogen-bond acceptors (Lipinski definition) is 8. The monoisotopic (exact) mass is 586 g/mol. The molecule has 7 atom stereocenters. The number of aliphatic hydroxyl groups excluding tert-OH is 1. The number of rotatable bonds is 11. The van der Waals surface area contributed by atoms with E-state index in [-0.39, 0.29) is 11.9 Å². The average Bonchev–Trinajstić information content (AvgIpc) is 3.09. The second-order valence-corrected chi connectivity index (χ2v) is 12.2. The SMILES string of the molecule is COC(=O)[C@H](C(C)C)N(C(C)=O)C(=O)[C@@](N)(C(C)C)C1CCC([C@H](C)NC(=O)C(C)N)=CC(Cc2ccccc2)C1O. The lowest BCUT2D eigenvalue weighted by molar-refractivity contribution is -0.166. The Morgan fingerprint density at radius 2 is 1.69 bits per heavy atom. The number of methoxy groups -OCH3 is 1. The van der Waals surface area contributed by atoms with Crippen LogP contribution in [0.15, 0.2) is 42.0 Å². The molecule has 0 spiro atoms. The number of imide groups is 1. The fourth-order valence-corrected chi connectivity index (χ4v) is 5.94. The summed E-state index contributed by atoms with van der Waals surface area (Å²) in [6, 6.07) is 7.44. The van der Waals surface area contributed by atoms with Gasteiger partial charge in [0.15, 0.2) is 0 Å². The van der Waals surface area contributed by atoms with Crippen LogP contribution < -0.4 is 16.8 Å². The Hall–Kier alpha value is -3.08. The highest BCUT2D eigenvalue weighted by molar-refractivity contribution is 6.03. The van der Waals surface area contributed by atoms with Crippen molar-refractivity contribution in [2.45, 2.75) is 97.5 Å². The van der Waals surface area contributed by atoms with Crippen LogP contribution in [-0.2, 0) is 30.3 Å². The van der Waals surface area contributed by atoms with Gasteiger partial charge in [-0.25, -0.2) is 4.79 Å². The third-order valence-electron chi connectivity index (χ3n) is 8.52. The Kier molecular flexibility index (Phi) is 12.4. The third kappa shape index (κ3) is 7.85. The summed E-state index contributed by atoms with van der Waals surface area (Å²) in [4.78, 5) is 53.5. The van der Waals surface area contributed by atoms with Gasteiger partial charge in [-0.05, 0) is 50.5 Å². The number of benzene rings is 1. The molecule has 234 valence electrons. The Labute approximate surface area is 250 Å². The van der Waals surface area contributed by atoms with E-state index in [2.05, 4.69) is 5.32 Å². The molecule has 0 heterocycles. The molecule has 0 aromatic heterocycles. The number of hydrogen-bond donors (Lipinski definition) is 4. The number of nitrogens with one attached hydrogen (secondary N) is 1. The summed E-state index contributed by atoms with van der Waals surface area (Å²) in [5.74, 6) is -4.55. The smallest absolute Gasteiger partial charge is 0.329 e. The van der Waals surface area contributed by atoms with Crippen molar-refractivity contribution in [1.29, 1.82) is 0 Å². The number of amides is 3. The zero-order valence-electron chi connectivity index (χ0n) is 26.3. The average molecular weight is 587 g/mol. The lowest BCUT2D eigenvalue weighted by Gasteiger charge is -2.46. The van der Waals surface area contributed by atoms with Gasteiger partial charge in [-0.1, -0.05) is 69.7 Å². The van der Waals surface area contributed by atoms with Crippen molar-refractivity contribution >= 4 is 23.7 Å². The molecule has 2 rings (SSSR count). The predicted octanol–water partition coefficient (Wildman–Crippen LogP) is 2.32. The fourth-order valence-electron chi connectivity index (χ4n) is 5.94. The number of carbonyl (C=O) groups is 4. The molecule has 10 nitrogen and oxygen atoms in total. The van der Waals surface area contributed by atoms with Crippen LogP contribution in [0.3, 0.4) is 0 Å². The summed E-state index contributed by atoms with van der Waals surface area (Å²) >= 11 is 0. The first-order valence-corrected chi connectivity index (χ1v) is 14.8. The highest BCUT2D eigenvalue weighted by Crippen LogP contribution is 2.40. The summed E-state index contributed by atoms with van der Waals surface area (Å²) in [6.45, 7) is 11.7. The largest absolute Gasteiger partial charge is 0.467 e. The van der Waals surface area contributed by atoms with E-state index in [4.69, 9.17) is 16.2 Å². The Morgan fingerprint density at radius 1 is 1.10 bits per heavy atom. The molecule has 1 aliphatic carbocycles. The first-order valence-electron chi connectivity index (χ1n) is 14.8. The number of nitrogens with two attached hydrogens (primary N) is 2. The number of carbonyl (C=O) groups excluding carboxylic acids is 4. The molecular formula is C32H50N4O6. The van der Waals surface area contributed by atoms with Crippen LogP contribution in [0.1, 0.15) is 66.9 Å². The Morgan fingerprint density at radius 3 is 2.17 bits per heavy atom. The van der Waals surface area contributed by atoms with Crippen LogP contribution in [0.2, 0.25) is 0 Å². The predicted molar refractivity (Wildman–Crippen MR) is 162 cm³/mol. The number of nitrogens with zero attached hydrogens (tertiary/aromatic N) is 1. The summed E-state index contributed by atoms with van der Waals surface area (Å²) < 4.78 is 4.96. The van der Waals surface area contributed by atoms with Gasteiger partial charge >= 0.3 is 5.97 Å². The molecule has 1 aliphatic rings.